The van der Waals surface area contributed by atoms with Crippen LogP contribution in [0.2, 0.25) is 0 Å². The quantitative estimate of drug-likeness (QED) is 0.837. The second-order valence-corrected chi connectivity index (χ2v) is 7.38. The molecular formula is C21H23NO4. The summed E-state index contributed by atoms with van der Waals surface area (Å²) in [4.78, 5) is 24.1. The zero-order valence-corrected chi connectivity index (χ0v) is 14.6. The second-order valence-electron chi connectivity index (χ2n) is 7.38. The molecule has 4 atom stereocenters. The maximum Gasteiger partial charge on any atom is 0.308 e. The summed E-state index contributed by atoms with van der Waals surface area (Å²) in [6, 6.07) is 14.0. The van der Waals surface area contributed by atoms with Crippen LogP contribution in [0.1, 0.15) is 24.8 Å². The predicted molar refractivity (Wildman–Crippen MR) is 97.8 cm³/mol. The molecule has 0 saturated carbocycles. The molecule has 2 aliphatic rings. The lowest BCUT2D eigenvalue weighted by Gasteiger charge is -2.20. The van der Waals surface area contributed by atoms with Crippen LogP contribution in [0.5, 0.6) is 0 Å². The van der Waals surface area contributed by atoms with Crippen LogP contribution in [-0.4, -0.2) is 35.7 Å². The van der Waals surface area contributed by atoms with Gasteiger partial charge in [-0.2, -0.15) is 0 Å². The number of carboxylic acid groups (broad SMARTS) is 1. The van der Waals surface area contributed by atoms with Crippen LogP contribution in [0.15, 0.2) is 42.5 Å². The number of aliphatic carboxylic acids is 1. The van der Waals surface area contributed by atoms with E-state index in [1.54, 1.807) is 0 Å². The number of rotatable bonds is 6. The molecule has 5 nitrogen and oxygen atoms in total. The van der Waals surface area contributed by atoms with Crippen molar-refractivity contribution in [3.63, 3.8) is 0 Å². The molecule has 0 radical (unpaired) electrons. The first-order valence-corrected chi connectivity index (χ1v) is 9.24. The van der Waals surface area contributed by atoms with Crippen LogP contribution in [0.3, 0.4) is 0 Å². The van der Waals surface area contributed by atoms with E-state index in [9.17, 15) is 14.7 Å². The fourth-order valence-corrected chi connectivity index (χ4v) is 4.17. The van der Waals surface area contributed by atoms with Crippen molar-refractivity contribution < 1.29 is 19.4 Å². The first kappa shape index (κ1) is 17.0. The van der Waals surface area contributed by atoms with Crippen molar-refractivity contribution in [1.29, 1.82) is 0 Å². The Hall–Kier alpha value is -2.40. The molecule has 2 N–H and O–H groups in total. The number of carbonyl (C=O) groups excluding carboxylic acids is 1. The molecule has 2 aromatic carbocycles. The van der Waals surface area contributed by atoms with E-state index >= 15 is 0 Å². The van der Waals surface area contributed by atoms with E-state index in [0.717, 1.165) is 35.6 Å². The average molecular weight is 353 g/mol. The molecule has 2 bridgehead atoms. The van der Waals surface area contributed by atoms with Crippen LogP contribution in [0.25, 0.3) is 10.8 Å². The fraction of sp³-hybridized carbons (Fsp3) is 0.429. The Morgan fingerprint density at radius 1 is 1.15 bits per heavy atom. The van der Waals surface area contributed by atoms with Crippen LogP contribution in [0.4, 0.5) is 0 Å². The minimum absolute atomic E-state index is 0.0174. The van der Waals surface area contributed by atoms with Crippen LogP contribution in [0, 0.1) is 11.8 Å². The number of hydrogen-bond donors (Lipinski definition) is 2. The molecule has 0 spiro atoms. The van der Waals surface area contributed by atoms with E-state index in [4.69, 9.17) is 4.74 Å². The van der Waals surface area contributed by atoms with Crippen molar-refractivity contribution in [3.8, 4) is 0 Å². The van der Waals surface area contributed by atoms with Crippen molar-refractivity contribution >= 4 is 22.6 Å². The summed E-state index contributed by atoms with van der Waals surface area (Å²) in [5, 5.41) is 14.6. The van der Waals surface area contributed by atoms with Crippen LogP contribution < -0.4 is 5.32 Å². The number of nitrogens with one attached hydrogen (secondary N) is 1. The summed E-state index contributed by atoms with van der Waals surface area (Å²) < 4.78 is 5.72. The Labute approximate surface area is 152 Å². The number of carboxylic acids is 1. The van der Waals surface area contributed by atoms with E-state index in [2.05, 4.69) is 5.32 Å². The number of fused-ring (bicyclic) bond motifs is 3. The van der Waals surface area contributed by atoms with Gasteiger partial charge in [0.05, 0.1) is 24.0 Å². The molecule has 136 valence electrons. The van der Waals surface area contributed by atoms with E-state index in [1.807, 2.05) is 42.5 Å². The molecule has 1 amide bonds. The number of carbonyl (C=O) groups is 2. The lowest BCUT2D eigenvalue weighted by Crippen LogP contribution is -2.40. The van der Waals surface area contributed by atoms with Gasteiger partial charge in [-0.15, -0.1) is 0 Å². The van der Waals surface area contributed by atoms with Gasteiger partial charge in [-0.25, -0.2) is 0 Å². The smallest absolute Gasteiger partial charge is 0.308 e. The summed E-state index contributed by atoms with van der Waals surface area (Å²) in [5.74, 6) is -1.71. The second kappa shape index (κ2) is 7.08. The van der Waals surface area contributed by atoms with Crippen LogP contribution >= 0.6 is 0 Å². The van der Waals surface area contributed by atoms with Gasteiger partial charge in [0.1, 0.15) is 0 Å². The molecule has 4 rings (SSSR count). The van der Waals surface area contributed by atoms with Crippen molar-refractivity contribution in [2.75, 3.05) is 6.54 Å². The van der Waals surface area contributed by atoms with Crippen molar-refractivity contribution in [2.45, 2.75) is 37.9 Å². The molecule has 2 heterocycles. The van der Waals surface area contributed by atoms with Crippen molar-refractivity contribution in [2.24, 2.45) is 11.8 Å². The van der Waals surface area contributed by atoms with Crippen LogP contribution in [-0.2, 0) is 20.7 Å². The maximum absolute atomic E-state index is 12.4. The van der Waals surface area contributed by atoms with Gasteiger partial charge in [0.15, 0.2) is 0 Å². The summed E-state index contributed by atoms with van der Waals surface area (Å²) in [5.41, 5.74) is 0.966. The molecule has 2 saturated heterocycles. The van der Waals surface area contributed by atoms with Crippen molar-refractivity contribution in [3.05, 3.63) is 48.0 Å². The predicted octanol–water partition coefficient (Wildman–Crippen LogP) is 2.77. The molecule has 4 unspecified atom stereocenters. The SMILES string of the molecule is O=C(O)C(CNC(=O)C1CC2CCC1O2)Cc1ccc2ccccc2c1. The van der Waals surface area contributed by atoms with Gasteiger partial charge in [-0.3, -0.25) is 9.59 Å². The van der Waals surface area contributed by atoms with Crippen molar-refractivity contribution in [1.82, 2.24) is 5.32 Å². The first-order chi connectivity index (χ1) is 12.6. The number of benzene rings is 2. The third-order valence-electron chi connectivity index (χ3n) is 5.61. The average Bonchev–Trinajstić information content (AvgIpc) is 3.28. The lowest BCUT2D eigenvalue weighted by atomic mass is 9.88. The molecular weight excluding hydrogens is 330 g/mol. The normalized spacial score (nSPS) is 25.3. The molecule has 5 heteroatoms. The van der Waals surface area contributed by atoms with Gasteiger partial charge in [-0.1, -0.05) is 42.5 Å². The highest BCUT2D eigenvalue weighted by Gasteiger charge is 2.44. The fourth-order valence-electron chi connectivity index (χ4n) is 4.17. The summed E-state index contributed by atoms with van der Waals surface area (Å²) in [7, 11) is 0. The minimum atomic E-state index is -0.886. The Morgan fingerprint density at radius 2 is 1.96 bits per heavy atom. The third kappa shape index (κ3) is 3.44. The highest BCUT2D eigenvalue weighted by molar-refractivity contribution is 5.83. The van der Waals surface area contributed by atoms with Gasteiger partial charge in [0.25, 0.3) is 0 Å². The lowest BCUT2D eigenvalue weighted by molar-refractivity contribution is -0.141. The zero-order chi connectivity index (χ0) is 18.1. The van der Waals surface area contributed by atoms with E-state index in [1.165, 1.54) is 0 Å². The molecule has 0 aromatic heterocycles. The monoisotopic (exact) mass is 353 g/mol. The Balaban J connectivity index is 1.39. The topological polar surface area (TPSA) is 75.6 Å². The highest BCUT2D eigenvalue weighted by Crippen LogP contribution is 2.38. The minimum Gasteiger partial charge on any atom is -0.481 e. The number of amides is 1. The summed E-state index contributed by atoms with van der Waals surface area (Å²) in [6.45, 7) is 0.148. The molecule has 2 aromatic rings. The summed E-state index contributed by atoms with van der Waals surface area (Å²) >= 11 is 0. The Kier molecular flexibility index (Phi) is 4.64. The Bertz CT molecular complexity index is 834. The highest BCUT2D eigenvalue weighted by atomic mass is 16.5. The first-order valence-electron chi connectivity index (χ1n) is 9.24. The van der Waals surface area contributed by atoms with Gasteiger partial charge < -0.3 is 15.2 Å². The van der Waals surface area contributed by atoms with E-state index < -0.39 is 11.9 Å². The molecule has 2 aliphatic heterocycles. The van der Waals surface area contributed by atoms with Gasteiger partial charge >= 0.3 is 5.97 Å². The van der Waals surface area contributed by atoms with E-state index in [-0.39, 0.29) is 30.6 Å². The largest absolute Gasteiger partial charge is 0.481 e. The zero-order valence-electron chi connectivity index (χ0n) is 14.6. The standard InChI is InChI=1S/C21H23NO4/c23-20(18-11-17-7-8-19(18)26-17)22-12-16(21(24)25)10-13-5-6-14-3-1-2-4-15(14)9-13/h1-6,9,16-19H,7-8,10-12H2,(H,22,23)(H,24,25). The Morgan fingerprint density at radius 3 is 2.65 bits per heavy atom. The maximum atomic E-state index is 12.4. The summed E-state index contributed by atoms with van der Waals surface area (Å²) in [6.07, 6.45) is 3.36. The van der Waals surface area contributed by atoms with Gasteiger partial charge in [0, 0.05) is 6.54 Å². The molecule has 26 heavy (non-hydrogen) atoms. The number of ether oxygens (including phenoxy) is 1. The molecule has 2 fully saturated rings. The number of hydrogen-bond acceptors (Lipinski definition) is 3. The van der Waals surface area contributed by atoms with Gasteiger partial charge in [0.2, 0.25) is 5.91 Å². The third-order valence-corrected chi connectivity index (χ3v) is 5.61. The molecule has 0 aliphatic carbocycles. The van der Waals surface area contributed by atoms with E-state index in [0.29, 0.717) is 6.42 Å². The van der Waals surface area contributed by atoms with Gasteiger partial charge in [-0.05, 0) is 42.0 Å².